The molecule has 0 amide bonds. The van der Waals surface area contributed by atoms with Crippen LogP contribution < -0.4 is 0 Å². The van der Waals surface area contributed by atoms with Crippen molar-refractivity contribution in [1.29, 1.82) is 0 Å². The van der Waals surface area contributed by atoms with E-state index >= 15 is 0 Å². The molecule has 0 saturated carbocycles. The maximum Gasteiger partial charge on any atom is 0.198 e. The van der Waals surface area contributed by atoms with Crippen LogP contribution in [0.2, 0.25) is 0 Å². The Bertz CT molecular complexity index is 2530. The Hall–Kier alpha value is -6.65. The van der Waals surface area contributed by atoms with Gasteiger partial charge in [0.05, 0.1) is 11.1 Å². The van der Waals surface area contributed by atoms with Crippen LogP contribution in [0, 0.1) is 0 Å². The third kappa shape index (κ3) is 4.98. The lowest BCUT2D eigenvalue weighted by molar-refractivity contribution is 0.0986. The number of hydrogen-bond acceptors (Lipinski definition) is 4. The molecule has 49 heavy (non-hydrogen) atoms. The summed E-state index contributed by atoms with van der Waals surface area (Å²) >= 11 is 0. The maximum atomic E-state index is 13.7. The fourth-order valence-corrected chi connectivity index (χ4v) is 6.91. The fraction of sp³-hybridized carbons (Fsp3) is 0. The van der Waals surface area contributed by atoms with Crippen molar-refractivity contribution < 1.29 is 19.5 Å². The highest BCUT2D eigenvalue weighted by Gasteiger charge is 2.36. The number of carbonyl (C=O) groups excluding carboxylic acids is 3. The smallest absolute Gasteiger partial charge is 0.198 e. The van der Waals surface area contributed by atoms with Gasteiger partial charge in [0.2, 0.25) is 0 Å². The Labute approximate surface area is 283 Å². The largest absolute Gasteiger partial charge is 0.507 e. The minimum absolute atomic E-state index is 0.0479. The van der Waals surface area contributed by atoms with Crippen molar-refractivity contribution in [2.45, 2.75) is 0 Å². The molecule has 2 aliphatic carbocycles. The van der Waals surface area contributed by atoms with Crippen molar-refractivity contribution >= 4 is 44.7 Å². The van der Waals surface area contributed by atoms with Crippen LogP contribution in [0.1, 0.15) is 36.6 Å². The highest BCUT2D eigenvalue weighted by molar-refractivity contribution is 6.42. The van der Waals surface area contributed by atoms with Crippen LogP contribution in [0.15, 0.2) is 175 Å². The molecule has 0 unspecified atom stereocenters. The van der Waals surface area contributed by atoms with E-state index in [-0.39, 0.29) is 34.3 Å². The van der Waals surface area contributed by atoms with Crippen molar-refractivity contribution in [3.05, 3.63) is 197 Å². The number of allylic oxidation sites excluding steroid dienone is 9. The molecule has 6 aromatic carbocycles. The van der Waals surface area contributed by atoms with Crippen LogP contribution in [0.5, 0.6) is 0 Å². The molecule has 0 aliphatic heterocycles. The summed E-state index contributed by atoms with van der Waals surface area (Å²) in [4.78, 5) is 40.9. The minimum Gasteiger partial charge on any atom is -0.507 e. The second-order valence-electron chi connectivity index (χ2n) is 12.0. The lowest BCUT2D eigenvalue weighted by Crippen LogP contribution is -2.01. The van der Waals surface area contributed by atoms with E-state index in [4.69, 9.17) is 0 Å². The van der Waals surface area contributed by atoms with Gasteiger partial charge in [-0.1, -0.05) is 140 Å². The standard InChI is InChI=1S/C45H28O4/c46-42-34(44(48)40-36(42)26-30-20-12-14-22-32(30)38(40)28-16-6-4-7-17-28)24-10-2-1-3-11-25-35-43(47)37-27-31-21-13-15-23-33(31)39(41(37)45(35)49)29-18-8-5-9-19-29/h1-27,46H/b2-1+,11-3+,24-10+,35-25-. The molecule has 1 N–H and O–H groups in total. The van der Waals surface area contributed by atoms with Gasteiger partial charge in [-0.05, 0) is 57.0 Å². The topological polar surface area (TPSA) is 71.4 Å². The lowest BCUT2D eigenvalue weighted by Gasteiger charge is -2.13. The van der Waals surface area contributed by atoms with Gasteiger partial charge in [0.25, 0.3) is 0 Å². The summed E-state index contributed by atoms with van der Waals surface area (Å²) in [5, 5.41) is 14.9. The van der Waals surface area contributed by atoms with Crippen LogP contribution in [0.3, 0.4) is 0 Å². The van der Waals surface area contributed by atoms with E-state index in [0.717, 1.165) is 43.8 Å². The number of benzene rings is 6. The Kier molecular flexibility index (Phi) is 7.39. The van der Waals surface area contributed by atoms with Gasteiger partial charge in [-0.25, -0.2) is 0 Å². The Morgan fingerprint density at radius 3 is 1.55 bits per heavy atom. The first-order chi connectivity index (χ1) is 24.0. The predicted molar refractivity (Wildman–Crippen MR) is 197 cm³/mol. The van der Waals surface area contributed by atoms with E-state index in [1.165, 1.54) is 0 Å². The monoisotopic (exact) mass is 632 g/mol. The highest BCUT2D eigenvalue weighted by atomic mass is 16.3. The number of aliphatic hydroxyl groups is 1. The summed E-state index contributed by atoms with van der Waals surface area (Å²) < 4.78 is 0. The van der Waals surface area contributed by atoms with E-state index in [9.17, 15) is 19.5 Å². The van der Waals surface area contributed by atoms with Crippen LogP contribution in [-0.2, 0) is 0 Å². The van der Waals surface area contributed by atoms with Gasteiger partial charge in [-0.3, -0.25) is 14.4 Å². The molecular formula is C45H28O4. The molecule has 2 aliphatic rings. The zero-order valence-electron chi connectivity index (χ0n) is 26.3. The lowest BCUT2D eigenvalue weighted by atomic mass is 9.89. The molecule has 0 aromatic heterocycles. The first-order valence-electron chi connectivity index (χ1n) is 16.0. The van der Waals surface area contributed by atoms with Crippen LogP contribution in [0.4, 0.5) is 0 Å². The number of ketones is 3. The zero-order chi connectivity index (χ0) is 33.5. The number of fused-ring (bicyclic) bond motifs is 4. The average molecular weight is 633 g/mol. The molecule has 0 atom stereocenters. The molecule has 0 spiro atoms. The molecule has 0 fully saturated rings. The van der Waals surface area contributed by atoms with Gasteiger partial charge in [-0.2, -0.15) is 0 Å². The third-order valence-corrected chi connectivity index (χ3v) is 9.14. The summed E-state index contributed by atoms with van der Waals surface area (Å²) in [5.74, 6) is -0.862. The van der Waals surface area contributed by atoms with E-state index < -0.39 is 0 Å². The molecule has 6 aromatic rings. The number of rotatable bonds is 6. The third-order valence-electron chi connectivity index (χ3n) is 9.14. The summed E-state index contributed by atoms with van der Waals surface area (Å²) in [6.45, 7) is 0. The van der Waals surface area contributed by atoms with Crippen LogP contribution >= 0.6 is 0 Å². The van der Waals surface area contributed by atoms with E-state index in [0.29, 0.717) is 22.3 Å². The van der Waals surface area contributed by atoms with Gasteiger partial charge in [0.1, 0.15) is 5.76 Å². The van der Waals surface area contributed by atoms with Crippen molar-refractivity contribution in [3.63, 3.8) is 0 Å². The Morgan fingerprint density at radius 1 is 0.449 bits per heavy atom. The fourth-order valence-electron chi connectivity index (χ4n) is 6.91. The van der Waals surface area contributed by atoms with E-state index in [1.807, 2.05) is 121 Å². The molecule has 0 bridgehead atoms. The van der Waals surface area contributed by atoms with Crippen molar-refractivity contribution in [3.8, 4) is 22.3 Å². The van der Waals surface area contributed by atoms with Gasteiger partial charge in [0.15, 0.2) is 17.3 Å². The summed E-state index contributed by atoms with van der Waals surface area (Å²) in [6.07, 6.45) is 11.7. The normalized spacial score (nSPS) is 15.3. The number of Topliss-reactive ketones (excluding diaryl/α,β-unsaturated/α-hetero) is 3. The first-order valence-corrected chi connectivity index (χ1v) is 16.0. The van der Waals surface area contributed by atoms with Crippen LogP contribution in [-0.4, -0.2) is 22.5 Å². The van der Waals surface area contributed by atoms with Gasteiger partial charge >= 0.3 is 0 Å². The summed E-state index contributed by atoms with van der Waals surface area (Å²) in [7, 11) is 0. The molecule has 0 radical (unpaired) electrons. The summed E-state index contributed by atoms with van der Waals surface area (Å²) in [6, 6.07) is 38.8. The average Bonchev–Trinajstić information content (AvgIpc) is 3.52. The highest BCUT2D eigenvalue weighted by Crippen LogP contribution is 2.43. The number of carbonyl (C=O) groups is 3. The summed E-state index contributed by atoms with van der Waals surface area (Å²) in [5.41, 5.74) is 5.59. The van der Waals surface area contributed by atoms with E-state index in [2.05, 4.69) is 0 Å². The minimum atomic E-state index is -0.291. The SMILES string of the molecule is O=C1/C(=C/C=C/C=C/C=C/C2=C(O)c3cc4ccccc4c(-c4ccccc4)c3C2=O)C(=O)c2c1cc1ccccc1c2-c1ccccc1. The number of aliphatic hydroxyl groups excluding tert-OH is 1. The van der Waals surface area contributed by atoms with Gasteiger partial charge < -0.3 is 5.11 Å². The molecule has 232 valence electrons. The second kappa shape index (κ2) is 12.2. The number of hydrogen-bond donors (Lipinski definition) is 1. The van der Waals surface area contributed by atoms with Gasteiger partial charge in [-0.15, -0.1) is 0 Å². The quantitative estimate of drug-likeness (QED) is 0.113. The molecule has 8 rings (SSSR count). The predicted octanol–water partition coefficient (Wildman–Crippen LogP) is 10.5. The maximum absolute atomic E-state index is 13.7. The Balaban J connectivity index is 1.05. The second-order valence-corrected chi connectivity index (χ2v) is 12.0. The van der Waals surface area contributed by atoms with Gasteiger partial charge in [0, 0.05) is 33.4 Å². The van der Waals surface area contributed by atoms with Crippen molar-refractivity contribution in [2.24, 2.45) is 0 Å². The molecule has 0 heterocycles. The molecule has 4 heteroatoms. The molecule has 4 nitrogen and oxygen atoms in total. The van der Waals surface area contributed by atoms with Crippen molar-refractivity contribution in [2.75, 3.05) is 0 Å². The molecule has 0 saturated heterocycles. The van der Waals surface area contributed by atoms with Crippen molar-refractivity contribution in [1.82, 2.24) is 0 Å². The molecular weight excluding hydrogens is 604 g/mol. The first kappa shape index (κ1) is 29.7. The van der Waals surface area contributed by atoms with E-state index in [1.54, 1.807) is 42.5 Å². The zero-order valence-corrected chi connectivity index (χ0v) is 26.3. The van der Waals surface area contributed by atoms with Crippen LogP contribution in [0.25, 0.3) is 49.6 Å². The Morgan fingerprint density at radius 2 is 0.939 bits per heavy atom.